The number of aromatic nitrogens is 2. The molecular formula is C22H22BrN3O5. The van der Waals surface area contributed by atoms with Crippen molar-refractivity contribution in [2.75, 3.05) is 32.8 Å². The van der Waals surface area contributed by atoms with E-state index in [0.29, 0.717) is 48.6 Å². The number of amides is 1. The number of rotatable bonds is 7. The smallest absolute Gasteiger partial charge is 0.229 e. The number of para-hydroxylation sites is 1. The monoisotopic (exact) mass is 487 g/mol. The highest BCUT2D eigenvalue weighted by Gasteiger charge is 2.18. The van der Waals surface area contributed by atoms with Gasteiger partial charge in [0, 0.05) is 16.1 Å². The molecule has 31 heavy (non-hydrogen) atoms. The van der Waals surface area contributed by atoms with Crippen LogP contribution in [0.25, 0.3) is 0 Å². The minimum atomic E-state index is -0.170. The second-order valence-corrected chi connectivity index (χ2v) is 7.69. The Bertz CT molecular complexity index is 1100. The number of fused-ring (bicyclic) bond motifs is 1. The van der Waals surface area contributed by atoms with E-state index in [1.165, 1.54) is 0 Å². The quantitative estimate of drug-likeness (QED) is 0.547. The van der Waals surface area contributed by atoms with Gasteiger partial charge < -0.3 is 24.3 Å². The van der Waals surface area contributed by atoms with Crippen molar-refractivity contribution >= 4 is 27.7 Å². The molecule has 2 heterocycles. The first kappa shape index (κ1) is 21.0. The Morgan fingerprint density at radius 2 is 1.90 bits per heavy atom. The Morgan fingerprint density at radius 1 is 1.13 bits per heavy atom. The molecule has 162 valence electrons. The van der Waals surface area contributed by atoms with Gasteiger partial charge in [0.1, 0.15) is 19.0 Å². The summed E-state index contributed by atoms with van der Waals surface area (Å²) in [6.07, 6.45) is 1.81. The molecule has 1 amide bonds. The molecule has 0 unspecified atom stereocenters. The lowest BCUT2D eigenvalue weighted by Gasteiger charge is -2.20. The Balaban J connectivity index is 1.48. The van der Waals surface area contributed by atoms with E-state index in [0.717, 1.165) is 15.6 Å². The summed E-state index contributed by atoms with van der Waals surface area (Å²) in [5.41, 5.74) is 1.69. The highest BCUT2D eigenvalue weighted by molar-refractivity contribution is 9.10. The molecule has 1 aliphatic rings. The van der Waals surface area contributed by atoms with E-state index in [2.05, 4.69) is 26.3 Å². The minimum absolute atomic E-state index is 0.170. The summed E-state index contributed by atoms with van der Waals surface area (Å²) in [5.74, 6) is 3.01. The molecule has 0 radical (unpaired) electrons. The van der Waals surface area contributed by atoms with Crippen molar-refractivity contribution in [3.63, 3.8) is 0 Å². The molecule has 0 bridgehead atoms. The van der Waals surface area contributed by atoms with Crippen molar-refractivity contribution < 1.29 is 23.7 Å². The van der Waals surface area contributed by atoms with Crippen LogP contribution in [0.1, 0.15) is 11.1 Å². The summed E-state index contributed by atoms with van der Waals surface area (Å²) in [5, 5.41) is 7.27. The summed E-state index contributed by atoms with van der Waals surface area (Å²) in [6.45, 7) is 1.42. The second kappa shape index (κ2) is 9.30. The fourth-order valence-electron chi connectivity index (χ4n) is 3.41. The summed E-state index contributed by atoms with van der Waals surface area (Å²) >= 11 is 3.51. The number of halogens is 1. The van der Waals surface area contributed by atoms with Crippen LogP contribution >= 0.6 is 15.9 Å². The molecule has 3 aromatic rings. The number of hydrogen-bond acceptors (Lipinski definition) is 6. The topological polar surface area (TPSA) is 83.8 Å². The maximum atomic E-state index is 12.7. The van der Waals surface area contributed by atoms with E-state index < -0.39 is 0 Å². The first-order valence-corrected chi connectivity index (χ1v) is 10.5. The van der Waals surface area contributed by atoms with Crippen LogP contribution in [0.2, 0.25) is 0 Å². The van der Waals surface area contributed by atoms with Crippen molar-refractivity contribution in [1.82, 2.24) is 9.78 Å². The third-order valence-corrected chi connectivity index (χ3v) is 5.59. The van der Waals surface area contributed by atoms with Crippen LogP contribution in [-0.4, -0.2) is 43.1 Å². The van der Waals surface area contributed by atoms with Gasteiger partial charge in [-0.3, -0.25) is 4.79 Å². The molecule has 1 N–H and O–H groups in total. The lowest BCUT2D eigenvalue weighted by molar-refractivity contribution is -0.115. The Hall–Kier alpha value is -3.20. The number of carbonyl (C=O) groups excluding carboxylic acids is 1. The molecule has 0 atom stereocenters. The molecule has 1 aliphatic heterocycles. The molecule has 4 rings (SSSR count). The molecule has 0 saturated carbocycles. The van der Waals surface area contributed by atoms with Crippen molar-refractivity contribution in [2.24, 2.45) is 0 Å². The molecule has 2 aromatic carbocycles. The molecule has 0 spiro atoms. The normalized spacial score (nSPS) is 12.4. The van der Waals surface area contributed by atoms with E-state index in [9.17, 15) is 4.79 Å². The van der Waals surface area contributed by atoms with E-state index in [1.54, 1.807) is 31.2 Å². The molecule has 8 nitrogen and oxygen atoms in total. The summed E-state index contributed by atoms with van der Waals surface area (Å²) in [6, 6.07) is 11.1. The van der Waals surface area contributed by atoms with E-state index in [1.807, 2.05) is 30.3 Å². The highest BCUT2D eigenvalue weighted by Crippen LogP contribution is 2.36. The van der Waals surface area contributed by atoms with Gasteiger partial charge >= 0.3 is 0 Å². The highest BCUT2D eigenvalue weighted by atomic mass is 79.9. The van der Waals surface area contributed by atoms with Gasteiger partial charge in [-0.25, -0.2) is 4.68 Å². The number of nitrogens with one attached hydrogen (secondary N) is 1. The van der Waals surface area contributed by atoms with Crippen LogP contribution in [0, 0.1) is 0 Å². The van der Waals surface area contributed by atoms with Crippen LogP contribution in [0.15, 0.2) is 47.1 Å². The zero-order valence-electron chi connectivity index (χ0n) is 17.2. The molecule has 1 aromatic heterocycles. The first-order valence-electron chi connectivity index (χ1n) is 9.68. The van der Waals surface area contributed by atoms with Crippen molar-refractivity contribution in [1.29, 1.82) is 0 Å². The number of ether oxygens (including phenoxy) is 4. The van der Waals surface area contributed by atoms with Gasteiger partial charge in [-0.2, -0.15) is 5.10 Å². The van der Waals surface area contributed by atoms with E-state index in [-0.39, 0.29) is 12.3 Å². The number of hydrogen-bond donors (Lipinski definition) is 1. The van der Waals surface area contributed by atoms with Gasteiger partial charge in [-0.15, -0.1) is 0 Å². The van der Waals surface area contributed by atoms with Gasteiger partial charge in [0.25, 0.3) is 0 Å². The first-order chi connectivity index (χ1) is 15.1. The van der Waals surface area contributed by atoms with Crippen molar-refractivity contribution in [2.45, 2.75) is 13.0 Å². The minimum Gasteiger partial charge on any atom is -0.493 e. The molecular weight excluding hydrogens is 466 g/mol. The largest absolute Gasteiger partial charge is 0.493 e. The Kier molecular flexibility index (Phi) is 6.31. The van der Waals surface area contributed by atoms with Crippen LogP contribution in [0.5, 0.6) is 23.0 Å². The number of methoxy groups -OCH3 is 2. The van der Waals surface area contributed by atoms with Gasteiger partial charge in [0.2, 0.25) is 5.91 Å². The van der Waals surface area contributed by atoms with Crippen LogP contribution in [0.3, 0.4) is 0 Å². The zero-order valence-corrected chi connectivity index (χ0v) is 18.8. The molecule has 0 saturated heterocycles. The maximum Gasteiger partial charge on any atom is 0.229 e. The molecule has 0 aliphatic carbocycles. The fourth-order valence-corrected chi connectivity index (χ4v) is 3.87. The van der Waals surface area contributed by atoms with Gasteiger partial charge in [-0.1, -0.05) is 28.1 Å². The number of nitrogens with zero attached hydrogens (tertiary/aromatic N) is 2. The third kappa shape index (κ3) is 4.61. The predicted molar refractivity (Wildman–Crippen MR) is 118 cm³/mol. The third-order valence-electron chi connectivity index (χ3n) is 4.85. The Morgan fingerprint density at radius 3 is 2.65 bits per heavy atom. The maximum absolute atomic E-state index is 12.7. The SMILES string of the molecule is COc1cccc(Cn2nccc2NC(=O)Cc2cc3c(cc2Br)OCCO3)c1OC. The average Bonchev–Trinajstić information content (AvgIpc) is 3.20. The summed E-state index contributed by atoms with van der Waals surface area (Å²) in [7, 11) is 3.19. The van der Waals surface area contributed by atoms with Crippen molar-refractivity contribution in [3.05, 3.63) is 58.2 Å². The number of carbonyl (C=O) groups is 1. The average molecular weight is 488 g/mol. The predicted octanol–water partition coefficient (Wildman–Crippen LogP) is 3.66. The zero-order chi connectivity index (χ0) is 21.8. The fraction of sp³-hybridized carbons (Fsp3) is 0.273. The van der Waals surface area contributed by atoms with E-state index >= 15 is 0 Å². The van der Waals surface area contributed by atoms with Gasteiger partial charge in [0.05, 0.1) is 33.4 Å². The van der Waals surface area contributed by atoms with Crippen LogP contribution < -0.4 is 24.3 Å². The lowest BCUT2D eigenvalue weighted by Crippen LogP contribution is -2.19. The van der Waals surface area contributed by atoms with Crippen LogP contribution in [0.4, 0.5) is 5.82 Å². The standard InChI is InChI=1S/C22H22BrN3O5/c1-28-17-5-3-4-14(22(17)29-2)13-26-20(6-7-24-26)25-21(27)11-15-10-18-19(12-16(15)23)31-9-8-30-18/h3-7,10,12H,8-9,11,13H2,1-2H3,(H,25,27). The van der Waals surface area contributed by atoms with Crippen LogP contribution in [-0.2, 0) is 17.8 Å². The van der Waals surface area contributed by atoms with Crippen molar-refractivity contribution in [3.8, 4) is 23.0 Å². The second-order valence-electron chi connectivity index (χ2n) is 6.84. The summed E-state index contributed by atoms with van der Waals surface area (Å²) < 4.78 is 24.5. The molecule has 9 heteroatoms. The van der Waals surface area contributed by atoms with Gasteiger partial charge in [0.15, 0.2) is 23.0 Å². The Labute approximate surface area is 188 Å². The lowest BCUT2D eigenvalue weighted by atomic mass is 10.1. The number of anilines is 1. The number of benzene rings is 2. The summed E-state index contributed by atoms with van der Waals surface area (Å²) in [4.78, 5) is 12.7. The van der Waals surface area contributed by atoms with E-state index in [4.69, 9.17) is 18.9 Å². The van der Waals surface area contributed by atoms with Gasteiger partial charge in [-0.05, 0) is 23.8 Å². The molecule has 0 fully saturated rings.